The summed E-state index contributed by atoms with van der Waals surface area (Å²) in [4.78, 5) is 19.6. The fourth-order valence-electron chi connectivity index (χ4n) is 3.89. The van der Waals surface area contributed by atoms with Gasteiger partial charge in [-0.05, 0) is 41.8 Å². The van der Waals surface area contributed by atoms with Crippen molar-refractivity contribution in [1.29, 1.82) is 0 Å². The first kappa shape index (κ1) is 20.4. The molecule has 1 aromatic carbocycles. The molecule has 31 heavy (non-hydrogen) atoms. The number of carbonyl (C=O) groups excluding carboxylic acids is 1. The molecule has 4 rings (SSSR count). The third-order valence-corrected chi connectivity index (χ3v) is 5.48. The molecule has 0 radical (unpaired) electrons. The van der Waals surface area contributed by atoms with Crippen LogP contribution >= 0.6 is 0 Å². The summed E-state index contributed by atoms with van der Waals surface area (Å²) < 4.78 is 5.75. The van der Waals surface area contributed by atoms with Crippen LogP contribution in [0.1, 0.15) is 29.5 Å². The molecule has 2 aromatic rings. The molecule has 2 aliphatic rings. The second-order valence-electron chi connectivity index (χ2n) is 7.52. The van der Waals surface area contributed by atoms with Gasteiger partial charge in [-0.3, -0.25) is 9.78 Å². The molecule has 0 saturated heterocycles. The van der Waals surface area contributed by atoms with Crippen LogP contribution in [0, 0.1) is 12.1 Å². The molecule has 0 saturated carbocycles. The molecule has 1 atom stereocenters. The molecular formula is C27H24N2O2. The van der Waals surface area contributed by atoms with Crippen LogP contribution in [-0.4, -0.2) is 28.9 Å². The van der Waals surface area contributed by atoms with E-state index in [2.05, 4.69) is 35.8 Å². The number of carbonyl (C=O) groups is 1. The van der Waals surface area contributed by atoms with E-state index in [0.717, 1.165) is 16.7 Å². The Morgan fingerprint density at radius 3 is 3.00 bits per heavy atom. The molecule has 1 aromatic heterocycles. The van der Waals surface area contributed by atoms with Crippen molar-refractivity contribution in [1.82, 2.24) is 9.88 Å². The Morgan fingerprint density at radius 2 is 2.19 bits per heavy atom. The zero-order chi connectivity index (χ0) is 21.6. The Morgan fingerprint density at radius 1 is 1.32 bits per heavy atom. The highest BCUT2D eigenvalue weighted by atomic mass is 16.5. The van der Waals surface area contributed by atoms with Crippen molar-refractivity contribution in [3.8, 4) is 0 Å². The molecule has 0 spiro atoms. The lowest BCUT2D eigenvalue weighted by atomic mass is 9.85. The molecule has 1 unspecified atom stereocenters. The molecule has 1 amide bonds. The van der Waals surface area contributed by atoms with Crippen molar-refractivity contribution in [2.75, 3.05) is 13.2 Å². The first-order valence-corrected chi connectivity index (χ1v) is 10.3. The average Bonchev–Trinajstić information content (AvgIpc) is 2.83. The van der Waals surface area contributed by atoms with Crippen LogP contribution in [0.3, 0.4) is 0 Å². The minimum Gasteiger partial charge on any atom is -0.489 e. The highest BCUT2D eigenvalue weighted by molar-refractivity contribution is 5.97. The van der Waals surface area contributed by atoms with Gasteiger partial charge < -0.3 is 9.64 Å². The summed E-state index contributed by atoms with van der Waals surface area (Å²) in [6.07, 6.45) is 14.5. The van der Waals surface area contributed by atoms with Crippen LogP contribution < -0.4 is 0 Å². The predicted molar refractivity (Wildman–Crippen MR) is 121 cm³/mol. The first-order chi connectivity index (χ1) is 15.2. The van der Waals surface area contributed by atoms with Crippen LogP contribution in [0.4, 0.5) is 0 Å². The summed E-state index contributed by atoms with van der Waals surface area (Å²) in [5.41, 5.74) is 4.92. The lowest BCUT2D eigenvalue weighted by Crippen LogP contribution is -2.39. The number of benzene rings is 1. The number of ether oxygens (including phenoxy) is 1. The Balaban J connectivity index is 1.60. The van der Waals surface area contributed by atoms with Gasteiger partial charge in [0.1, 0.15) is 12.4 Å². The van der Waals surface area contributed by atoms with Crippen molar-refractivity contribution >= 4 is 5.91 Å². The van der Waals surface area contributed by atoms with E-state index in [-0.39, 0.29) is 11.8 Å². The van der Waals surface area contributed by atoms with Crippen molar-refractivity contribution in [2.45, 2.75) is 19.4 Å². The Labute approximate surface area is 183 Å². The summed E-state index contributed by atoms with van der Waals surface area (Å²) in [6, 6.07) is 14.4. The van der Waals surface area contributed by atoms with Gasteiger partial charge in [0.05, 0.1) is 6.20 Å². The van der Waals surface area contributed by atoms with E-state index < -0.39 is 0 Å². The Kier molecular flexibility index (Phi) is 6.14. The van der Waals surface area contributed by atoms with Gasteiger partial charge in [0.2, 0.25) is 0 Å². The summed E-state index contributed by atoms with van der Waals surface area (Å²) in [6.45, 7) is 7.17. The lowest BCUT2D eigenvalue weighted by molar-refractivity contribution is -0.128. The maximum absolute atomic E-state index is 13.4. The standard InChI is InChI=1S/C27H24N2O2/c1-3-4-5-9-20(2)26-16-21(13-15-31-26)27(30)29-18-23-10-6-7-12-24(23)25(19-29)22-11-8-14-28-17-22/h3-7,9-10,12-14,16-17,25H,1,15,18-19H2,2H3/b5-4-,20-9+. The molecule has 0 aliphatic carbocycles. The van der Waals surface area contributed by atoms with Crippen LogP contribution in [0.25, 0.3) is 0 Å². The van der Waals surface area contributed by atoms with E-state index in [0.29, 0.717) is 31.0 Å². The van der Waals surface area contributed by atoms with E-state index in [1.54, 1.807) is 12.3 Å². The minimum absolute atomic E-state index is 0.00241. The van der Waals surface area contributed by atoms with Crippen LogP contribution in [0.5, 0.6) is 0 Å². The number of aromatic nitrogens is 1. The molecular weight excluding hydrogens is 384 g/mol. The first-order valence-electron chi connectivity index (χ1n) is 10.3. The van der Waals surface area contributed by atoms with E-state index in [9.17, 15) is 4.79 Å². The largest absolute Gasteiger partial charge is 0.489 e. The van der Waals surface area contributed by atoms with E-state index in [1.807, 2.05) is 60.5 Å². The van der Waals surface area contributed by atoms with Crippen LogP contribution in [0.2, 0.25) is 0 Å². The second kappa shape index (κ2) is 9.32. The van der Waals surface area contributed by atoms with Crippen molar-refractivity contribution < 1.29 is 9.53 Å². The third-order valence-electron chi connectivity index (χ3n) is 5.48. The highest BCUT2D eigenvalue weighted by Gasteiger charge is 2.31. The van der Waals surface area contributed by atoms with Gasteiger partial charge in [-0.25, -0.2) is 0 Å². The average molecular weight is 409 g/mol. The number of hydrogen-bond acceptors (Lipinski definition) is 3. The fourth-order valence-corrected chi connectivity index (χ4v) is 3.89. The van der Waals surface area contributed by atoms with Crippen molar-refractivity contribution in [2.24, 2.45) is 0 Å². The topological polar surface area (TPSA) is 42.4 Å². The van der Waals surface area contributed by atoms with Crippen molar-refractivity contribution in [3.05, 3.63) is 125 Å². The van der Waals surface area contributed by atoms with E-state index in [4.69, 9.17) is 4.74 Å². The van der Waals surface area contributed by atoms with Crippen LogP contribution in [-0.2, 0) is 16.1 Å². The molecule has 0 N–H and O–H groups in total. The van der Waals surface area contributed by atoms with Crippen molar-refractivity contribution in [3.63, 3.8) is 0 Å². The summed E-state index contributed by atoms with van der Waals surface area (Å²) in [7, 11) is 0. The molecule has 154 valence electrons. The van der Waals surface area contributed by atoms with Gasteiger partial charge in [0.15, 0.2) is 0 Å². The minimum atomic E-state index is 0.00241. The number of hydrogen-bond donors (Lipinski definition) is 0. The highest BCUT2D eigenvalue weighted by Crippen LogP contribution is 2.33. The molecule has 3 heterocycles. The summed E-state index contributed by atoms with van der Waals surface area (Å²) >= 11 is 0. The maximum atomic E-state index is 13.4. The van der Waals surface area contributed by atoms with Gasteiger partial charge in [-0.1, -0.05) is 61.2 Å². The molecule has 2 aliphatic heterocycles. The quantitative estimate of drug-likeness (QED) is 0.675. The fraction of sp³-hybridized carbons (Fsp3) is 0.185. The second-order valence-corrected chi connectivity index (χ2v) is 7.52. The van der Waals surface area contributed by atoms with Gasteiger partial charge >= 0.3 is 0 Å². The number of fused-ring (bicyclic) bond motifs is 1. The summed E-state index contributed by atoms with van der Waals surface area (Å²) in [5, 5.41) is 0. The van der Waals surface area contributed by atoms with Gasteiger partial charge in [0, 0.05) is 36.3 Å². The van der Waals surface area contributed by atoms with Gasteiger partial charge in [0.25, 0.3) is 5.91 Å². The Bertz CT molecular complexity index is 1090. The molecule has 0 bridgehead atoms. The number of allylic oxidation sites excluding steroid dienone is 5. The maximum Gasteiger partial charge on any atom is 0.254 e. The molecule has 4 nitrogen and oxygen atoms in total. The van der Waals surface area contributed by atoms with Crippen LogP contribution in [0.15, 0.2) is 96.6 Å². The third kappa shape index (κ3) is 4.51. The van der Waals surface area contributed by atoms with Gasteiger partial charge in [-0.15, -0.1) is 0 Å². The smallest absolute Gasteiger partial charge is 0.254 e. The lowest BCUT2D eigenvalue weighted by Gasteiger charge is -2.35. The number of nitrogens with zero attached hydrogens (tertiary/aromatic N) is 2. The Hall–Kier alpha value is -3.84. The zero-order valence-corrected chi connectivity index (χ0v) is 17.5. The monoisotopic (exact) mass is 408 g/mol. The SMILES string of the molecule is C=C/C=C\C=C(/C)C1=CC(C(=O)N2Cc3ccccc3C(c3c#ccnc3)C2)=CCO1. The van der Waals surface area contributed by atoms with Gasteiger partial charge in [-0.2, -0.15) is 0 Å². The number of rotatable bonds is 5. The predicted octanol–water partition coefficient (Wildman–Crippen LogP) is 4.69. The zero-order valence-electron chi connectivity index (χ0n) is 17.5. The van der Waals surface area contributed by atoms with E-state index >= 15 is 0 Å². The number of amides is 1. The molecule has 0 fully saturated rings. The molecule has 4 heteroatoms. The van der Waals surface area contributed by atoms with E-state index in [1.165, 1.54) is 5.56 Å². The summed E-state index contributed by atoms with van der Waals surface area (Å²) in [5.74, 6) is 0.736. The normalized spacial score (nSPS) is 18.4.